The van der Waals surface area contributed by atoms with Gasteiger partial charge in [-0.05, 0) is 37.1 Å². The minimum Gasteiger partial charge on any atom is -0.372 e. The zero-order valence-corrected chi connectivity index (χ0v) is 11.6. The number of alkyl halides is 1. The molecule has 0 amide bonds. The SMILES string of the molecule is CCCCN(CC)c1ccc(F)cc1CBr. The molecule has 0 unspecified atom stereocenters. The second-order valence-electron chi connectivity index (χ2n) is 3.84. The lowest BCUT2D eigenvalue weighted by atomic mass is 10.1. The van der Waals surface area contributed by atoms with Gasteiger partial charge in [0.1, 0.15) is 5.82 Å². The van der Waals surface area contributed by atoms with Gasteiger partial charge in [-0.2, -0.15) is 0 Å². The van der Waals surface area contributed by atoms with E-state index in [1.165, 1.54) is 18.9 Å². The van der Waals surface area contributed by atoms with E-state index in [2.05, 4.69) is 34.7 Å². The standard InChI is InChI=1S/C13H19BrFN/c1-3-5-8-16(4-2)13-7-6-12(15)9-11(13)10-14/h6-7,9H,3-5,8,10H2,1-2H3. The average molecular weight is 288 g/mol. The summed E-state index contributed by atoms with van der Waals surface area (Å²) in [5, 5.41) is 0.697. The number of unbranched alkanes of at least 4 members (excludes halogenated alkanes) is 1. The van der Waals surface area contributed by atoms with Gasteiger partial charge in [-0.15, -0.1) is 0 Å². The Morgan fingerprint density at radius 1 is 1.31 bits per heavy atom. The smallest absolute Gasteiger partial charge is 0.123 e. The van der Waals surface area contributed by atoms with Crippen LogP contribution in [0.2, 0.25) is 0 Å². The molecule has 90 valence electrons. The molecule has 0 aliphatic heterocycles. The predicted octanol–water partition coefficient (Wildman–Crippen LogP) is 4.35. The van der Waals surface area contributed by atoms with Crippen LogP contribution in [0.4, 0.5) is 10.1 Å². The molecule has 0 fully saturated rings. The number of hydrogen-bond donors (Lipinski definition) is 0. The first kappa shape index (κ1) is 13.5. The van der Waals surface area contributed by atoms with E-state index in [1.807, 2.05) is 6.07 Å². The van der Waals surface area contributed by atoms with Crippen molar-refractivity contribution in [3.8, 4) is 0 Å². The monoisotopic (exact) mass is 287 g/mol. The lowest BCUT2D eigenvalue weighted by molar-refractivity contribution is 0.625. The highest BCUT2D eigenvalue weighted by Gasteiger charge is 2.09. The number of benzene rings is 1. The molecule has 0 saturated heterocycles. The predicted molar refractivity (Wildman–Crippen MR) is 71.8 cm³/mol. The molecule has 16 heavy (non-hydrogen) atoms. The van der Waals surface area contributed by atoms with Crippen LogP contribution < -0.4 is 4.90 Å². The van der Waals surface area contributed by atoms with Crippen LogP contribution in [-0.2, 0) is 5.33 Å². The maximum Gasteiger partial charge on any atom is 0.123 e. The third-order valence-corrected chi connectivity index (χ3v) is 3.29. The Bertz CT molecular complexity index is 328. The first-order valence-electron chi connectivity index (χ1n) is 5.82. The fourth-order valence-corrected chi connectivity index (χ4v) is 2.22. The fraction of sp³-hybridized carbons (Fsp3) is 0.538. The summed E-state index contributed by atoms with van der Waals surface area (Å²) in [4.78, 5) is 2.31. The number of rotatable bonds is 6. The highest BCUT2D eigenvalue weighted by atomic mass is 79.9. The maximum atomic E-state index is 13.1. The van der Waals surface area contributed by atoms with Crippen LogP contribution in [0.1, 0.15) is 32.3 Å². The van der Waals surface area contributed by atoms with Gasteiger partial charge >= 0.3 is 0 Å². The number of nitrogens with zero attached hydrogens (tertiary/aromatic N) is 1. The Balaban J connectivity index is 2.90. The summed E-state index contributed by atoms with van der Waals surface area (Å²) in [6, 6.07) is 5.03. The van der Waals surface area contributed by atoms with Crippen LogP contribution in [0.5, 0.6) is 0 Å². The topological polar surface area (TPSA) is 3.24 Å². The minimum atomic E-state index is -0.162. The van der Waals surface area contributed by atoms with Crippen LogP contribution in [-0.4, -0.2) is 13.1 Å². The van der Waals surface area contributed by atoms with Crippen LogP contribution >= 0.6 is 15.9 Å². The van der Waals surface area contributed by atoms with E-state index in [-0.39, 0.29) is 5.82 Å². The molecule has 0 heterocycles. The Labute approximate surface area is 106 Å². The zero-order valence-electron chi connectivity index (χ0n) is 9.97. The molecule has 0 aliphatic carbocycles. The second-order valence-corrected chi connectivity index (χ2v) is 4.40. The highest BCUT2D eigenvalue weighted by molar-refractivity contribution is 9.08. The molecule has 0 saturated carbocycles. The Morgan fingerprint density at radius 3 is 2.62 bits per heavy atom. The lowest BCUT2D eigenvalue weighted by Crippen LogP contribution is -2.24. The van der Waals surface area contributed by atoms with E-state index >= 15 is 0 Å². The minimum absolute atomic E-state index is 0.162. The molecule has 0 spiro atoms. The summed E-state index contributed by atoms with van der Waals surface area (Å²) in [7, 11) is 0. The van der Waals surface area contributed by atoms with E-state index in [1.54, 1.807) is 6.07 Å². The van der Waals surface area contributed by atoms with E-state index in [4.69, 9.17) is 0 Å². The summed E-state index contributed by atoms with van der Waals surface area (Å²) in [6.45, 7) is 6.32. The quantitative estimate of drug-likeness (QED) is 0.703. The zero-order chi connectivity index (χ0) is 12.0. The van der Waals surface area contributed by atoms with Crippen molar-refractivity contribution in [1.82, 2.24) is 0 Å². The molecule has 0 N–H and O–H groups in total. The molecule has 1 rings (SSSR count). The molecule has 0 bridgehead atoms. The van der Waals surface area contributed by atoms with Crippen molar-refractivity contribution < 1.29 is 4.39 Å². The van der Waals surface area contributed by atoms with Crippen molar-refractivity contribution in [1.29, 1.82) is 0 Å². The Hall–Kier alpha value is -0.570. The van der Waals surface area contributed by atoms with Gasteiger partial charge in [0, 0.05) is 24.1 Å². The fourth-order valence-electron chi connectivity index (χ4n) is 1.77. The summed E-state index contributed by atoms with van der Waals surface area (Å²) >= 11 is 3.41. The molecule has 1 nitrogen and oxygen atoms in total. The largest absolute Gasteiger partial charge is 0.372 e. The van der Waals surface area contributed by atoms with Gasteiger partial charge in [-0.3, -0.25) is 0 Å². The molecular weight excluding hydrogens is 269 g/mol. The average Bonchev–Trinajstić information content (AvgIpc) is 2.31. The molecule has 0 aliphatic rings. The van der Waals surface area contributed by atoms with Crippen molar-refractivity contribution in [3.63, 3.8) is 0 Å². The van der Waals surface area contributed by atoms with Crippen molar-refractivity contribution in [2.24, 2.45) is 0 Å². The van der Waals surface area contributed by atoms with E-state index in [9.17, 15) is 4.39 Å². The normalized spacial score (nSPS) is 10.5. The van der Waals surface area contributed by atoms with Gasteiger partial charge in [0.2, 0.25) is 0 Å². The first-order chi connectivity index (χ1) is 7.72. The van der Waals surface area contributed by atoms with Gasteiger partial charge in [0.05, 0.1) is 0 Å². The molecule has 1 aromatic rings. The van der Waals surface area contributed by atoms with Crippen LogP contribution in [0, 0.1) is 5.82 Å². The van der Waals surface area contributed by atoms with Crippen molar-refractivity contribution >= 4 is 21.6 Å². The van der Waals surface area contributed by atoms with Gasteiger partial charge in [-0.25, -0.2) is 4.39 Å². The van der Waals surface area contributed by atoms with Gasteiger partial charge in [0.25, 0.3) is 0 Å². The van der Waals surface area contributed by atoms with E-state index in [0.717, 1.165) is 24.3 Å². The van der Waals surface area contributed by atoms with Gasteiger partial charge in [0.15, 0.2) is 0 Å². The maximum absolute atomic E-state index is 13.1. The number of halogens is 2. The number of anilines is 1. The molecule has 0 radical (unpaired) electrons. The van der Waals surface area contributed by atoms with Crippen LogP contribution in [0.3, 0.4) is 0 Å². The molecule has 0 atom stereocenters. The number of hydrogen-bond acceptors (Lipinski definition) is 1. The van der Waals surface area contributed by atoms with Gasteiger partial charge < -0.3 is 4.90 Å². The lowest BCUT2D eigenvalue weighted by Gasteiger charge is -2.25. The van der Waals surface area contributed by atoms with Crippen molar-refractivity contribution in [2.75, 3.05) is 18.0 Å². The van der Waals surface area contributed by atoms with Crippen molar-refractivity contribution in [2.45, 2.75) is 32.0 Å². The summed E-state index contributed by atoms with van der Waals surface area (Å²) in [6.07, 6.45) is 2.36. The Morgan fingerprint density at radius 2 is 2.06 bits per heavy atom. The molecule has 3 heteroatoms. The molecule has 0 aromatic heterocycles. The summed E-state index contributed by atoms with van der Waals surface area (Å²) < 4.78 is 13.1. The third-order valence-electron chi connectivity index (χ3n) is 2.69. The first-order valence-corrected chi connectivity index (χ1v) is 6.94. The second kappa shape index (κ2) is 6.89. The van der Waals surface area contributed by atoms with Crippen LogP contribution in [0.15, 0.2) is 18.2 Å². The van der Waals surface area contributed by atoms with Gasteiger partial charge in [-0.1, -0.05) is 29.3 Å². The third kappa shape index (κ3) is 3.48. The summed E-state index contributed by atoms with van der Waals surface area (Å²) in [5.74, 6) is -0.162. The van der Waals surface area contributed by atoms with E-state index < -0.39 is 0 Å². The molecule has 1 aromatic carbocycles. The van der Waals surface area contributed by atoms with E-state index in [0.29, 0.717) is 5.33 Å². The Kier molecular flexibility index (Phi) is 5.81. The highest BCUT2D eigenvalue weighted by Crippen LogP contribution is 2.24. The molecular formula is C13H19BrFN. The summed E-state index contributed by atoms with van der Waals surface area (Å²) in [5.41, 5.74) is 2.17. The van der Waals surface area contributed by atoms with Crippen LogP contribution in [0.25, 0.3) is 0 Å². The van der Waals surface area contributed by atoms with Crippen molar-refractivity contribution in [3.05, 3.63) is 29.6 Å².